The van der Waals surface area contributed by atoms with Crippen LogP contribution in [0.1, 0.15) is 4.88 Å². The molecule has 1 aliphatic heterocycles. The van der Waals surface area contributed by atoms with E-state index >= 15 is 0 Å². The molecule has 6 heteroatoms. The molecular weight excluding hydrogens is 370 g/mol. The molecule has 0 radical (unpaired) electrons. The quantitative estimate of drug-likeness (QED) is 0.659. The Hall–Kier alpha value is -2.96. The normalized spacial score (nSPS) is 14.4. The van der Waals surface area contributed by atoms with E-state index in [1.54, 1.807) is 23.6 Å². The van der Waals surface area contributed by atoms with Gasteiger partial charge in [0.05, 0.1) is 18.9 Å². The molecule has 1 saturated heterocycles. The number of thiophene rings is 1. The molecule has 0 aliphatic carbocycles. The summed E-state index contributed by atoms with van der Waals surface area (Å²) in [6.45, 7) is 2.89. The molecule has 2 aromatic heterocycles. The smallest absolute Gasteiger partial charge is 0.248 e. The predicted molar refractivity (Wildman–Crippen MR) is 115 cm³/mol. The zero-order valence-corrected chi connectivity index (χ0v) is 16.2. The summed E-state index contributed by atoms with van der Waals surface area (Å²) >= 11 is 1.66. The fraction of sp³-hybridized carbons (Fsp3) is 0.182. The number of carbonyl (C=O) groups is 1. The molecule has 0 spiro atoms. The number of carbonyl (C=O) groups excluding carboxylic acids is 1. The first-order valence-corrected chi connectivity index (χ1v) is 10.0. The summed E-state index contributed by atoms with van der Waals surface area (Å²) in [6.07, 6.45) is 5.15. The summed E-state index contributed by atoms with van der Waals surface area (Å²) in [4.78, 5) is 21.2. The molecule has 1 N–H and O–H groups in total. The third-order valence-corrected chi connectivity index (χ3v) is 5.54. The van der Waals surface area contributed by atoms with Crippen molar-refractivity contribution in [3.63, 3.8) is 0 Å². The summed E-state index contributed by atoms with van der Waals surface area (Å²) in [5, 5.41) is 2.95. The zero-order valence-electron chi connectivity index (χ0n) is 15.4. The number of aromatic nitrogens is 1. The minimum Gasteiger partial charge on any atom is -0.378 e. The van der Waals surface area contributed by atoms with Crippen molar-refractivity contribution in [1.82, 2.24) is 4.98 Å². The number of nitrogens with one attached hydrogen (secondary N) is 1. The molecule has 0 unspecified atom stereocenters. The Balaban J connectivity index is 1.43. The van der Waals surface area contributed by atoms with Crippen molar-refractivity contribution < 1.29 is 9.53 Å². The predicted octanol–water partition coefficient (Wildman–Crippen LogP) is 4.30. The van der Waals surface area contributed by atoms with Gasteiger partial charge in [0.1, 0.15) is 0 Å². The highest BCUT2D eigenvalue weighted by Gasteiger charge is 2.16. The van der Waals surface area contributed by atoms with Gasteiger partial charge < -0.3 is 15.0 Å². The molecule has 1 aliphatic rings. The van der Waals surface area contributed by atoms with E-state index in [0.717, 1.165) is 29.5 Å². The average Bonchev–Trinajstić information content (AvgIpc) is 3.23. The molecule has 3 aromatic rings. The Morgan fingerprint density at radius 1 is 1.07 bits per heavy atom. The van der Waals surface area contributed by atoms with Gasteiger partial charge in [-0.05, 0) is 35.9 Å². The Morgan fingerprint density at radius 2 is 1.89 bits per heavy atom. The van der Waals surface area contributed by atoms with Crippen molar-refractivity contribution in [3.8, 4) is 10.4 Å². The van der Waals surface area contributed by atoms with Crippen molar-refractivity contribution in [2.75, 3.05) is 36.5 Å². The van der Waals surface area contributed by atoms with Crippen molar-refractivity contribution in [2.45, 2.75) is 0 Å². The lowest BCUT2D eigenvalue weighted by Gasteiger charge is -2.29. The highest BCUT2D eigenvalue weighted by Crippen LogP contribution is 2.28. The topological polar surface area (TPSA) is 54.5 Å². The van der Waals surface area contributed by atoms with Gasteiger partial charge >= 0.3 is 0 Å². The first-order chi connectivity index (χ1) is 13.8. The molecule has 1 amide bonds. The van der Waals surface area contributed by atoms with E-state index in [4.69, 9.17) is 4.74 Å². The van der Waals surface area contributed by atoms with E-state index in [1.807, 2.05) is 42.5 Å². The maximum absolute atomic E-state index is 12.4. The van der Waals surface area contributed by atoms with E-state index in [0.29, 0.717) is 13.2 Å². The van der Waals surface area contributed by atoms with Crippen LogP contribution in [0.2, 0.25) is 0 Å². The van der Waals surface area contributed by atoms with E-state index in [-0.39, 0.29) is 5.91 Å². The highest BCUT2D eigenvalue weighted by molar-refractivity contribution is 7.16. The summed E-state index contributed by atoms with van der Waals surface area (Å²) in [5.74, 6) is 0.618. The second kappa shape index (κ2) is 8.82. The van der Waals surface area contributed by atoms with Crippen LogP contribution in [0.25, 0.3) is 16.5 Å². The van der Waals surface area contributed by atoms with Gasteiger partial charge in [-0.15, -0.1) is 11.3 Å². The number of morpholine rings is 1. The van der Waals surface area contributed by atoms with E-state index in [1.165, 1.54) is 10.4 Å². The summed E-state index contributed by atoms with van der Waals surface area (Å²) in [7, 11) is 0. The maximum atomic E-state index is 12.4. The zero-order chi connectivity index (χ0) is 19.2. The standard InChI is InChI=1S/C22H21N3O2S/c26-21(11-9-18-8-10-20(28-18)17-5-2-1-3-6-17)24-19-7-4-12-23-22(19)25-13-15-27-16-14-25/h1-12H,13-16H2,(H,24,26)/b11-9+. The molecule has 28 heavy (non-hydrogen) atoms. The van der Waals surface area contributed by atoms with Gasteiger partial charge in [0.15, 0.2) is 5.82 Å². The molecular formula is C22H21N3O2S. The number of pyridine rings is 1. The molecule has 1 aromatic carbocycles. The van der Waals surface area contributed by atoms with Gasteiger partial charge in [-0.25, -0.2) is 4.98 Å². The third kappa shape index (κ3) is 4.47. The Bertz CT molecular complexity index is 963. The van der Waals surface area contributed by atoms with E-state index in [2.05, 4.69) is 33.4 Å². The maximum Gasteiger partial charge on any atom is 0.248 e. The second-order valence-corrected chi connectivity index (χ2v) is 7.48. The fourth-order valence-corrected chi connectivity index (χ4v) is 3.97. The number of hydrogen-bond acceptors (Lipinski definition) is 5. The average molecular weight is 391 g/mol. The van der Waals surface area contributed by atoms with Crippen LogP contribution in [0.5, 0.6) is 0 Å². The van der Waals surface area contributed by atoms with Crippen LogP contribution >= 0.6 is 11.3 Å². The van der Waals surface area contributed by atoms with Crippen LogP contribution < -0.4 is 10.2 Å². The lowest BCUT2D eigenvalue weighted by Crippen LogP contribution is -2.37. The number of amides is 1. The van der Waals surface area contributed by atoms with Crippen LogP contribution in [-0.4, -0.2) is 37.2 Å². The monoisotopic (exact) mass is 391 g/mol. The first-order valence-electron chi connectivity index (χ1n) is 9.21. The van der Waals surface area contributed by atoms with Gasteiger partial charge in [-0.2, -0.15) is 0 Å². The van der Waals surface area contributed by atoms with Gasteiger partial charge in [0.25, 0.3) is 0 Å². The molecule has 0 bridgehead atoms. The Labute approximate surface area is 168 Å². The fourth-order valence-electron chi connectivity index (χ4n) is 3.05. The minimum absolute atomic E-state index is 0.169. The molecule has 1 fully saturated rings. The second-order valence-electron chi connectivity index (χ2n) is 6.36. The number of nitrogens with zero attached hydrogens (tertiary/aromatic N) is 2. The van der Waals surface area contributed by atoms with Crippen molar-refractivity contribution in [3.05, 3.63) is 71.7 Å². The molecule has 5 nitrogen and oxygen atoms in total. The van der Waals surface area contributed by atoms with Crippen LogP contribution in [0, 0.1) is 0 Å². The Morgan fingerprint density at radius 3 is 2.71 bits per heavy atom. The molecule has 3 heterocycles. The molecule has 4 rings (SSSR count). The number of benzene rings is 1. The minimum atomic E-state index is -0.169. The lowest BCUT2D eigenvalue weighted by molar-refractivity contribution is -0.111. The summed E-state index contributed by atoms with van der Waals surface area (Å²) < 4.78 is 5.40. The summed E-state index contributed by atoms with van der Waals surface area (Å²) in [6, 6.07) is 18.0. The number of anilines is 2. The highest BCUT2D eigenvalue weighted by atomic mass is 32.1. The van der Waals surface area contributed by atoms with Gasteiger partial charge in [-0.3, -0.25) is 4.79 Å². The SMILES string of the molecule is O=C(/C=C/c1ccc(-c2ccccc2)s1)Nc1cccnc1N1CCOCC1. The van der Waals surface area contributed by atoms with Crippen LogP contribution in [-0.2, 0) is 9.53 Å². The van der Waals surface area contributed by atoms with Crippen LogP contribution in [0.3, 0.4) is 0 Å². The van der Waals surface area contributed by atoms with Crippen LogP contribution in [0.4, 0.5) is 11.5 Å². The first kappa shape index (κ1) is 18.4. The number of rotatable bonds is 5. The summed E-state index contributed by atoms with van der Waals surface area (Å²) in [5.41, 5.74) is 1.90. The van der Waals surface area contributed by atoms with Gasteiger partial charge in [0.2, 0.25) is 5.91 Å². The Kier molecular flexibility index (Phi) is 5.80. The number of ether oxygens (including phenoxy) is 1. The van der Waals surface area contributed by atoms with Crippen molar-refractivity contribution >= 4 is 34.8 Å². The van der Waals surface area contributed by atoms with Gasteiger partial charge in [0, 0.05) is 35.1 Å². The lowest BCUT2D eigenvalue weighted by atomic mass is 10.2. The van der Waals surface area contributed by atoms with E-state index in [9.17, 15) is 4.79 Å². The van der Waals surface area contributed by atoms with Gasteiger partial charge in [-0.1, -0.05) is 30.3 Å². The molecule has 142 valence electrons. The molecule has 0 atom stereocenters. The molecule has 0 saturated carbocycles. The van der Waals surface area contributed by atoms with Crippen LogP contribution in [0.15, 0.2) is 66.9 Å². The largest absolute Gasteiger partial charge is 0.378 e. The third-order valence-electron chi connectivity index (χ3n) is 4.44. The van der Waals surface area contributed by atoms with E-state index < -0.39 is 0 Å². The number of hydrogen-bond donors (Lipinski definition) is 1. The van der Waals surface area contributed by atoms with Crippen molar-refractivity contribution in [1.29, 1.82) is 0 Å². The van der Waals surface area contributed by atoms with Crippen molar-refractivity contribution in [2.24, 2.45) is 0 Å².